The molecule has 0 amide bonds. The fraction of sp³-hybridized carbons (Fsp3) is 0.200. The van der Waals surface area contributed by atoms with E-state index in [9.17, 15) is 4.39 Å². The van der Waals surface area contributed by atoms with Gasteiger partial charge in [0.1, 0.15) is 12.2 Å². The largest absolute Gasteiger partial charge is 0.320 e. The summed E-state index contributed by atoms with van der Waals surface area (Å²) >= 11 is 11.4. The first-order chi connectivity index (χ1) is 7.58. The van der Waals surface area contributed by atoms with Gasteiger partial charge >= 0.3 is 0 Å². The normalized spacial score (nSPS) is 10.8. The van der Waals surface area contributed by atoms with Crippen molar-refractivity contribution in [1.29, 1.82) is 0 Å². The SMILES string of the molecule is Cn1cnnc1Cc1cc(Cl)c(F)c(Cl)c1. The molecule has 0 saturated heterocycles. The van der Waals surface area contributed by atoms with Gasteiger partial charge in [0.05, 0.1) is 10.0 Å². The first-order valence-corrected chi connectivity index (χ1v) is 5.30. The summed E-state index contributed by atoms with van der Waals surface area (Å²) in [6.45, 7) is 0. The fourth-order valence-corrected chi connectivity index (χ4v) is 1.89. The van der Waals surface area contributed by atoms with Crippen LogP contribution in [0.3, 0.4) is 0 Å². The number of nitrogens with zero attached hydrogens (tertiary/aromatic N) is 3. The van der Waals surface area contributed by atoms with Crippen molar-refractivity contribution in [2.75, 3.05) is 0 Å². The lowest BCUT2D eigenvalue weighted by Crippen LogP contribution is -1.99. The van der Waals surface area contributed by atoms with Crippen LogP contribution in [0.25, 0.3) is 0 Å². The lowest BCUT2D eigenvalue weighted by Gasteiger charge is -2.04. The molecule has 0 N–H and O–H groups in total. The molecule has 0 aliphatic carbocycles. The van der Waals surface area contributed by atoms with Crippen molar-refractivity contribution in [3.63, 3.8) is 0 Å². The molecule has 6 heteroatoms. The summed E-state index contributed by atoms with van der Waals surface area (Å²) in [5.74, 6) is 0.170. The average molecular weight is 260 g/mol. The first kappa shape index (κ1) is 11.4. The Morgan fingerprint density at radius 3 is 2.44 bits per heavy atom. The van der Waals surface area contributed by atoms with Gasteiger partial charge in [-0.15, -0.1) is 10.2 Å². The van der Waals surface area contributed by atoms with Gasteiger partial charge in [-0.05, 0) is 17.7 Å². The summed E-state index contributed by atoms with van der Waals surface area (Å²) in [7, 11) is 1.84. The molecule has 0 unspecified atom stereocenters. The lowest BCUT2D eigenvalue weighted by molar-refractivity contribution is 0.628. The standard InChI is InChI=1S/C10H8Cl2FN3/c1-16-5-14-15-9(16)4-6-2-7(11)10(13)8(12)3-6/h2-3,5H,4H2,1H3. The van der Waals surface area contributed by atoms with Gasteiger partial charge in [-0.25, -0.2) is 4.39 Å². The van der Waals surface area contributed by atoms with Crippen LogP contribution >= 0.6 is 23.2 Å². The van der Waals surface area contributed by atoms with E-state index >= 15 is 0 Å². The third-order valence-corrected chi connectivity index (χ3v) is 2.76. The Balaban J connectivity index is 2.33. The predicted octanol–water partition coefficient (Wildman–Crippen LogP) is 2.85. The van der Waals surface area contributed by atoms with Gasteiger partial charge in [0.15, 0.2) is 5.82 Å². The summed E-state index contributed by atoms with van der Waals surface area (Å²) in [5, 5.41) is 7.72. The molecule has 0 radical (unpaired) electrons. The van der Waals surface area contributed by atoms with Crippen molar-refractivity contribution in [2.24, 2.45) is 7.05 Å². The topological polar surface area (TPSA) is 30.7 Å². The van der Waals surface area contributed by atoms with Crippen LogP contribution in [0, 0.1) is 5.82 Å². The minimum Gasteiger partial charge on any atom is -0.320 e. The Hall–Kier alpha value is -1.13. The van der Waals surface area contributed by atoms with Gasteiger partial charge in [-0.2, -0.15) is 0 Å². The van der Waals surface area contributed by atoms with E-state index in [2.05, 4.69) is 10.2 Å². The Morgan fingerprint density at radius 2 is 1.94 bits per heavy atom. The highest BCUT2D eigenvalue weighted by Crippen LogP contribution is 2.25. The van der Waals surface area contributed by atoms with E-state index in [0.717, 1.165) is 11.4 Å². The molecule has 0 fully saturated rings. The highest BCUT2D eigenvalue weighted by Gasteiger charge is 2.09. The number of benzene rings is 1. The van der Waals surface area contributed by atoms with Crippen LogP contribution < -0.4 is 0 Å². The van der Waals surface area contributed by atoms with Gasteiger partial charge in [0, 0.05) is 13.5 Å². The lowest BCUT2D eigenvalue weighted by atomic mass is 10.1. The van der Waals surface area contributed by atoms with Gasteiger partial charge in [-0.3, -0.25) is 0 Å². The molecular formula is C10H8Cl2FN3. The van der Waals surface area contributed by atoms with Crippen LogP contribution in [0.4, 0.5) is 4.39 Å². The van der Waals surface area contributed by atoms with E-state index in [4.69, 9.17) is 23.2 Å². The van der Waals surface area contributed by atoms with E-state index < -0.39 is 5.82 Å². The maximum absolute atomic E-state index is 13.2. The van der Waals surface area contributed by atoms with Gasteiger partial charge in [0.2, 0.25) is 0 Å². The maximum Gasteiger partial charge on any atom is 0.160 e. The number of hydrogen-bond acceptors (Lipinski definition) is 2. The van der Waals surface area contributed by atoms with Gasteiger partial charge in [-0.1, -0.05) is 23.2 Å². The Bertz CT molecular complexity index is 502. The summed E-state index contributed by atoms with van der Waals surface area (Å²) in [5.41, 5.74) is 0.799. The van der Waals surface area contributed by atoms with Crippen molar-refractivity contribution in [3.8, 4) is 0 Å². The molecule has 0 saturated carbocycles. The summed E-state index contributed by atoms with van der Waals surface area (Å²) in [6.07, 6.45) is 2.11. The first-order valence-electron chi connectivity index (χ1n) is 4.54. The van der Waals surface area contributed by atoms with Gasteiger partial charge < -0.3 is 4.57 Å². The molecule has 1 aromatic carbocycles. The average Bonchev–Trinajstić information content (AvgIpc) is 2.61. The molecule has 2 rings (SSSR count). The van der Waals surface area contributed by atoms with Gasteiger partial charge in [0.25, 0.3) is 0 Å². The predicted molar refractivity (Wildman–Crippen MR) is 60.2 cm³/mol. The van der Waals surface area contributed by atoms with Crippen LogP contribution in [-0.4, -0.2) is 14.8 Å². The third-order valence-electron chi connectivity index (χ3n) is 2.21. The molecule has 0 aliphatic rings. The Kier molecular flexibility index (Phi) is 3.12. The van der Waals surface area contributed by atoms with Crippen molar-refractivity contribution in [3.05, 3.63) is 45.7 Å². The highest BCUT2D eigenvalue weighted by atomic mass is 35.5. The summed E-state index contributed by atoms with van der Waals surface area (Å²) in [4.78, 5) is 0. The molecule has 84 valence electrons. The van der Waals surface area contributed by atoms with Crippen LogP contribution in [0.5, 0.6) is 0 Å². The highest BCUT2D eigenvalue weighted by molar-refractivity contribution is 6.34. The quantitative estimate of drug-likeness (QED) is 0.777. The summed E-state index contributed by atoms with van der Waals surface area (Å²) < 4.78 is 15.0. The second kappa shape index (κ2) is 4.39. The van der Waals surface area contributed by atoms with Crippen molar-refractivity contribution >= 4 is 23.2 Å². The van der Waals surface area contributed by atoms with Crippen LogP contribution in [0.2, 0.25) is 10.0 Å². The number of aromatic nitrogens is 3. The zero-order valence-corrected chi connectivity index (χ0v) is 9.93. The molecule has 3 nitrogen and oxygen atoms in total. The Morgan fingerprint density at radius 1 is 1.31 bits per heavy atom. The third kappa shape index (κ3) is 2.18. The molecular weight excluding hydrogens is 252 g/mol. The van der Waals surface area contributed by atoms with E-state index in [1.165, 1.54) is 12.1 Å². The zero-order valence-electron chi connectivity index (χ0n) is 8.41. The summed E-state index contributed by atoms with van der Waals surface area (Å²) in [6, 6.07) is 3.08. The van der Waals surface area contributed by atoms with Crippen molar-refractivity contribution < 1.29 is 4.39 Å². The second-order valence-corrected chi connectivity index (χ2v) is 4.22. The number of hydrogen-bond donors (Lipinski definition) is 0. The van der Waals surface area contributed by atoms with Crippen LogP contribution in [0.15, 0.2) is 18.5 Å². The maximum atomic E-state index is 13.2. The van der Waals surface area contributed by atoms with E-state index in [-0.39, 0.29) is 10.0 Å². The molecule has 16 heavy (non-hydrogen) atoms. The van der Waals surface area contributed by atoms with Crippen molar-refractivity contribution in [2.45, 2.75) is 6.42 Å². The minimum absolute atomic E-state index is 0.0182. The van der Waals surface area contributed by atoms with E-state index in [1.807, 2.05) is 7.05 Å². The molecule has 1 heterocycles. The van der Waals surface area contributed by atoms with E-state index in [1.54, 1.807) is 10.9 Å². The molecule has 0 spiro atoms. The number of rotatable bonds is 2. The monoisotopic (exact) mass is 259 g/mol. The molecule has 1 aromatic heterocycles. The van der Waals surface area contributed by atoms with E-state index in [0.29, 0.717) is 6.42 Å². The van der Waals surface area contributed by atoms with Crippen molar-refractivity contribution in [1.82, 2.24) is 14.8 Å². The Labute approximate surface area is 102 Å². The smallest absolute Gasteiger partial charge is 0.160 e. The zero-order chi connectivity index (χ0) is 11.7. The second-order valence-electron chi connectivity index (χ2n) is 3.41. The number of halogens is 3. The molecule has 0 aliphatic heterocycles. The molecule has 0 atom stereocenters. The fourth-order valence-electron chi connectivity index (χ4n) is 1.36. The van der Waals surface area contributed by atoms with Crippen LogP contribution in [-0.2, 0) is 13.5 Å². The van der Waals surface area contributed by atoms with Crippen LogP contribution in [0.1, 0.15) is 11.4 Å². The minimum atomic E-state index is -0.593. The molecule has 0 bridgehead atoms. The number of aryl methyl sites for hydroxylation is 1. The molecule has 2 aromatic rings.